The first-order valence-electron chi connectivity index (χ1n) is 6.38. The van der Waals surface area contributed by atoms with Crippen molar-refractivity contribution in [3.8, 4) is 0 Å². The highest BCUT2D eigenvalue weighted by Gasteiger charge is 2.45. The third-order valence-corrected chi connectivity index (χ3v) is 3.78. The number of carbonyl (C=O) groups is 2. The van der Waals surface area contributed by atoms with E-state index in [1.165, 1.54) is 0 Å². The summed E-state index contributed by atoms with van der Waals surface area (Å²) in [6.45, 7) is 1.69. The molecule has 1 aromatic carbocycles. The van der Waals surface area contributed by atoms with Gasteiger partial charge in [-0.15, -0.1) is 0 Å². The van der Waals surface area contributed by atoms with E-state index >= 15 is 0 Å². The molecule has 1 aliphatic carbocycles. The van der Waals surface area contributed by atoms with Crippen molar-refractivity contribution in [2.24, 2.45) is 5.41 Å². The second kappa shape index (κ2) is 5.30. The van der Waals surface area contributed by atoms with Gasteiger partial charge < -0.3 is 15.7 Å². The Kier molecular flexibility index (Phi) is 3.74. The first-order chi connectivity index (χ1) is 9.02. The number of amides is 2. The maximum Gasteiger partial charge on any atom is 0.319 e. The fourth-order valence-electron chi connectivity index (χ4n) is 2.50. The highest BCUT2D eigenvalue weighted by molar-refractivity contribution is 5.90. The molecule has 2 atom stereocenters. The molecular weight excluding hydrogens is 244 g/mol. The summed E-state index contributed by atoms with van der Waals surface area (Å²) in [4.78, 5) is 23.2. The number of aliphatic carboxylic acids is 1. The zero-order valence-corrected chi connectivity index (χ0v) is 10.8. The molecule has 5 heteroatoms. The summed E-state index contributed by atoms with van der Waals surface area (Å²) in [7, 11) is 0. The maximum absolute atomic E-state index is 11.9. The van der Waals surface area contributed by atoms with Gasteiger partial charge in [0, 0.05) is 11.7 Å². The molecule has 1 saturated carbocycles. The highest BCUT2D eigenvalue weighted by Crippen LogP contribution is 2.38. The van der Waals surface area contributed by atoms with Crippen molar-refractivity contribution in [1.82, 2.24) is 5.32 Å². The summed E-state index contributed by atoms with van der Waals surface area (Å²) in [5.74, 6) is -0.852. The van der Waals surface area contributed by atoms with E-state index in [9.17, 15) is 14.7 Å². The molecule has 0 heterocycles. The van der Waals surface area contributed by atoms with Crippen molar-refractivity contribution >= 4 is 17.7 Å². The molecule has 1 aliphatic rings. The largest absolute Gasteiger partial charge is 0.481 e. The first kappa shape index (κ1) is 13.4. The van der Waals surface area contributed by atoms with Crippen LogP contribution in [0.3, 0.4) is 0 Å². The Morgan fingerprint density at radius 3 is 2.63 bits per heavy atom. The second-order valence-corrected chi connectivity index (χ2v) is 5.13. The van der Waals surface area contributed by atoms with Gasteiger partial charge in [-0.1, -0.05) is 24.6 Å². The Balaban J connectivity index is 1.97. The molecule has 0 spiro atoms. The van der Waals surface area contributed by atoms with E-state index in [-0.39, 0.29) is 12.1 Å². The Morgan fingerprint density at radius 1 is 1.32 bits per heavy atom. The minimum atomic E-state index is -0.867. The van der Waals surface area contributed by atoms with Crippen LogP contribution in [0, 0.1) is 5.41 Å². The van der Waals surface area contributed by atoms with Gasteiger partial charge in [0.05, 0.1) is 5.41 Å². The molecule has 0 saturated heterocycles. The molecule has 2 rings (SSSR count). The quantitative estimate of drug-likeness (QED) is 0.783. The van der Waals surface area contributed by atoms with E-state index in [1.54, 1.807) is 19.1 Å². The van der Waals surface area contributed by atoms with Crippen LogP contribution >= 0.6 is 0 Å². The number of anilines is 1. The van der Waals surface area contributed by atoms with Crippen molar-refractivity contribution < 1.29 is 14.7 Å². The molecule has 0 aliphatic heterocycles. The van der Waals surface area contributed by atoms with Crippen LogP contribution in [0.5, 0.6) is 0 Å². The lowest BCUT2D eigenvalue weighted by atomic mass is 9.85. The lowest BCUT2D eigenvalue weighted by molar-refractivity contribution is -0.148. The van der Waals surface area contributed by atoms with E-state index < -0.39 is 11.4 Å². The summed E-state index contributed by atoms with van der Waals surface area (Å²) in [6.07, 6.45) is 2.11. The summed E-state index contributed by atoms with van der Waals surface area (Å²) in [6, 6.07) is 8.40. The number of carbonyl (C=O) groups excluding carboxylic acids is 1. The first-order valence-corrected chi connectivity index (χ1v) is 6.38. The van der Waals surface area contributed by atoms with Crippen LogP contribution in [0.2, 0.25) is 0 Å². The molecule has 0 bridgehead atoms. The van der Waals surface area contributed by atoms with Gasteiger partial charge in [-0.3, -0.25) is 4.79 Å². The Bertz CT molecular complexity index is 475. The SMILES string of the molecule is CC1(C(=O)O)CCCC1NC(=O)Nc1ccccc1. The minimum Gasteiger partial charge on any atom is -0.481 e. The monoisotopic (exact) mass is 262 g/mol. The summed E-state index contributed by atoms with van der Waals surface area (Å²) in [5.41, 5.74) is -0.177. The molecule has 2 unspecified atom stereocenters. The molecule has 5 nitrogen and oxygen atoms in total. The van der Waals surface area contributed by atoms with Crippen molar-refractivity contribution in [3.05, 3.63) is 30.3 Å². The van der Waals surface area contributed by atoms with Gasteiger partial charge in [-0.25, -0.2) is 4.79 Å². The van der Waals surface area contributed by atoms with Crippen molar-refractivity contribution in [2.75, 3.05) is 5.32 Å². The number of nitrogens with one attached hydrogen (secondary N) is 2. The number of hydrogen-bond donors (Lipinski definition) is 3. The van der Waals surface area contributed by atoms with Gasteiger partial charge >= 0.3 is 12.0 Å². The van der Waals surface area contributed by atoms with E-state index in [4.69, 9.17) is 0 Å². The second-order valence-electron chi connectivity index (χ2n) is 5.13. The van der Waals surface area contributed by atoms with Crippen LogP contribution in [0.4, 0.5) is 10.5 Å². The Labute approximate surface area is 112 Å². The zero-order chi connectivity index (χ0) is 13.9. The maximum atomic E-state index is 11.9. The number of carboxylic acids is 1. The molecule has 0 radical (unpaired) electrons. The number of para-hydroxylation sites is 1. The normalized spacial score (nSPS) is 25.8. The Morgan fingerprint density at radius 2 is 2.00 bits per heavy atom. The summed E-state index contributed by atoms with van der Waals surface area (Å²) >= 11 is 0. The topological polar surface area (TPSA) is 78.4 Å². The number of hydrogen-bond acceptors (Lipinski definition) is 2. The molecule has 2 amide bonds. The average molecular weight is 262 g/mol. The fourth-order valence-corrected chi connectivity index (χ4v) is 2.50. The van der Waals surface area contributed by atoms with Crippen LogP contribution in [0.15, 0.2) is 30.3 Å². The van der Waals surface area contributed by atoms with Crippen LogP contribution in [0.1, 0.15) is 26.2 Å². The third kappa shape index (κ3) is 2.86. The van der Waals surface area contributed by atoms with Gasteiger partial charge in [-0.05, 0) is 31.9 Å². The highest BCUT2D eigenvalue weighted by atomic mass is 16.4. The number of carboxylic acid groups (broad SMARTS) is 1. The zero-order valence-electron chi connectivity index (χ0n) is 10.8. The van der Waals surface area contributed by atoms with Crippen LogP contribution < -0.4 is 10.6 Å². The van der Waals surface area contributed by atoms with Gasteiger partial charge in [0.25, 0.3) is 0 Å². The van der Waals surface area contributed by atoms with Gasteiger partial charge in [-0.2, -0.15) is 0 Å². The van der Waals surface area contributed by atoms with E-state index in [0.29, 0.717) is 18.5 Å². The van der Waals surface area contributed by atoms with Gasteiger partial charge in [0.1, 0.15) is 0 Å². The van der Waals surface area contributed by atoms with Crippen molar-refractivity contribution in [3.63, 3.8) is 0 Å². The lowest BCUT2D eigenvalue weighted by Gasteiger charge is -2.27. The third-order valence-electron chi connectivity index (χ3n) is 3.78. The van der Waals surface area contributed by atoms with E-state index in [1.807, 2.05) is 18.2 Å². The molecule has 1 aromatic rings. The lowest BCUT2D eigenvalue weighted by Crippen LogP contribution is -2.48. The van der Waals surface area contributed by atoms with Crippen LogP contribution in [0.25, 0.3) is 0 Å². The van der Waals surface area contributed by atoms with Crippen LogP contribution in [-0.4, -0.2) is 23.1 Å². The van der Waals surface area contributed by atoms with Crippen molar-refractivity contribution in [2.45, 2.75) is 32.2 Å². The summed E-state index contributed by atoms with van der Waals surface area (Å²) in [5, 5.41) is 14.7. The molecule has 1 fully saturated rings. The number of urea groups is 1. The molecular formula is C14H18N2O3. The van der Waals surface area contributed by atoms with Gasteiger partial charge in [0.15, 0.2) is 0 Å². The number of rotatable bonds is 3. The van der Waals surface area contributed by atoms with Gasteiger partial charge in [0.2, 0.25) is 0 Å². The molecule has 0 aromatic heterocycles. The van der Waals surface area contributed by atoms with Crippen LogP contribution in [-0.2, 0) is 4.79 Å². The summed E-state index contributed by atoms with van der Waals surface area (Å²) < 4.78 is 0. The predicted molar refractivity (Wildman–Crippen MR) is 72.0 cm³/mol. The number of benzene rings is 1. The molecule has 19 heavy (non-hydrogen) atoms. The fraction of sp³-hybridized carbons (Fsp3) is 0.429. The molecule has 102 valence electrons. The standard InChI is InChI=1S/C14H18N2O3/c1-14(12(17)18)9-5-8-11(14)16-13(19)15-10-6-3-2-4-7-10/h2-4,6-7,11H,5,8-9H2,1H3,(H,17,18)(H2,15,16,19). The smallest absolute Gasteiger partial charge is 0.319 e. The van der Waals surface area contributed by atoms with Crippen molar-refractivity contribution in [1.29, 1.82) is 0 Å². The van der Waals surface area contributed by atoms with E-state index in [2.05, 4.69) is 10.6 Å². The average Bonchev–Trinajstić information content (AvgIpc) is 2.73. The minimum absolute atomic E-state index is 0.325. The predicted octanol–water partition coefficient (Wildman–Crippen LogP) is 2.45. The van der Waals surface area contributed by atoms with E-state index in [0.717, 1.165) is 6.42 Å². The molecule has 3 N–H and O–H groups in total. The Hall–Kier alpha value is -2.04.